The number of nitrogens with one attached hydrogen (secondary N) is 3. The predicted octanol–water partition coefficient (Wildman–Crippen LogP) is 2.61. The Hall–Kier alpha value is -2.65. The summed E-state index contributed by atoms with van der Waals surface area (Å²) in [5, 5.41) is 9.23. The molecule has 3 amide bonds. The van der Waals surface area contributed by atoms with Crippen molar-refractivity contribution in [1.29, 1.82) is 0 Å². The standard InChI is InChI=1S/C27H42N4O5/c1-17(21(11-12-23(28)32)25(33)31-24-22-14-20(22)15-30-24)35-16-19-9-7-18(8-10-19)6-5-13-29-26(34)36-27(2,3)4/h7-10,17,20-22,24,30H,5-6,11-16H2,1-4H3,(H2,28,32)(H,29,34)(H,31,33)/t17-,20-,21+,22-,24+/m1/s1. The molecular formula is C27H42N4O5. The average Bonchev–Trinajstić information content (AvgIpc) is 3.48. The second-order valence-electron chi connectivity index (χ2n) is 11.0. The van der Waals surface area contributed by atoms with E-state index in [4.69, 9.17) is 15.2 Å². The SMILES string of the molecule is C[C@@H](OCc1ccc(CCCNC(=O)OC(C)(C)C)cc1)[C@H](CCC(N)=O)C(=O)N[C@@H]1NC[C@H]2C[C@H]21. The van der Waals surface area contributed by atoms with E-state index in [0.29, 0.717) is 31.4 Å². The minimum absolute atomic E-state index is 0.0117. The van der Waals surface area contributed by atoms with Gasteiger partial charge in [-0.25, -0.2) is 4.79 Å². The molecule has 200 valence electrons. The van der Waals surface area contributed by atoms with Crippen LogP contribution in [0.25, 0.3) is 0 Å². The van der Waals surface area contributed by atoms with Gasteiger partial charge in [0.25, 0.3) is 0 Å². The smallest absolute Gasteiger partial charge is 0.407 e. The Balaban J connectivity index is 1.42. The molecule has 2 aliphatic rings. The molecular weight excluding hydrogens is 460 g/mol. The molecule has 0 spiro atoms. The highest BCUT2D eigenvalue weighted by molar-refractivity contribution is 5.81. The number of piperidine rings is 1. The maximum Gasteiger partial charge on any atom is 0.407 e. The number of fused-ring (bicyclic) bond motifs is 1. The van der Waals surface area contributed by atoms with Gasteiger partial charge in [-0.05, 0) is 76.3 Å². The molecule has 1 aliphatic heterocycles. The number of carbonyl (C=O) groups is 3. The lowest BCUT2D eigenvalue weighted by molar-refractivity contribution is -0.132. The number of benzene rings is 1. The van der Waals surface area contributed by atoms with Crippen LogP contribution in [0.15, 0.2) is 24.3 Å². The number of ether oxygens (including phenoxy) is 2. The maximum atomic E-state index is 13.0. The summed E-state index contributed by atoms with van der Waals surface area (Å²) in [4.78, 5) is 36.1. The number of nitrogens with two attached hydrogens (primary N) is 1. The van der Waals surface area contributed by atoms with Gasteiger partial charge in [0.2, 0.25) is 11.8 Å². The van der Waals surface area contributed by atoms with Gasteiger partial charge in [-0.15, -0.1) is 0 Å². The van der Waals surface area contributed by atoms with Gasteiger partial charge in [0.05, 0.1) is 24.8 Å². The summed E-state index contributed by atoms with van der Waals surface area (Å²) in [6, 6.07) is 8.12. The molecule has 9 heteroatoms. The van der Waals surface area contributed by atoms with Crippen molar-refractivity contribution in [2.75, 3.05) is 13.1 Å². The molecule has 1 saturated carbocycles. The largest absolute Gasteiger partial charge is 0.444 e. The third-order valence-corrected chi connectivity index (χ3v) is 6.75. The number of amides is 3. The molecule has 1 aromatic rings. The van der Waals surface area contributed by atoms with Crippen molar-refractivity contribution in [1.82, 2.24) is 16.0 Å². The lowest BCUT2D eigenvalue weighted by Gasteiger charge is -2.26. The van der Waals surface area contributed by atoms with E-state index >= 15 is 0 Å². The highest BCUT2D eigenvalue weighted by atomic mass is 16.6. The minimum atomic E-state index is -0.501. The molecule has 1 aliphatic carbocycles. The summed E-state index contributed by atoms with van der Waals surface area (Å²) in [6.45, 7) is 9.25. The van der Waals surface area contributed by atoms with Crippen molar-refractivity contribution in [3.63, 3.8) is 0 Å². The van der Waals surface area contributed by atoms with Crippen molar-refractivity contribution < 1.29 is 23.9 Å². The summed E-state index contributed by atoms with van der Waals surface area (Å²) in [6.07, 6.45) is 2.55. The lowest BCUT2D eigenvalue weighted by atomic mass is 9.96. The maximum absolute atomic E-state index is 13.0. The number of aryl methyl sites for hydroxylation is 1. The normalized spacial score (nSPS) is 22.3. The number of rotatable bonds is 13. The third kappa shape index (κ3) is 9.09. The predicted molar refractivity (Wildman–Crippen MR) is 137 cm³/mol. The first-order valence-electron chi connectivity index (χ1n) is 13.0. The number of hydrogen-bond acceptors (Lipinski definition) is 6. The molecule has 1 aromatic carbocycles. The van der Waals surface area contributed by atoms with Crippen molar-refractivity contribution >= 4 is 17.9 Å². The number of carbonyl (C=O) groups excluding carboxylic acids is 3. The monoisotopic (exact) mass is 502 g/mol. The van der Waals surface area contributed by atoms with E-state index < -0.39 is 23.5 Å². The molecule has 3 rings (SSSR count). The summed E-state index contributed by atoms with van der Waals surface area (Å²) in [5.74, 6) is 0.238. The second-order valence-corrected chi connectivity index (χ2v) is 11.0. The second kappa shape index (κ2) is 12.5. The van der Waals surface area contributed by atoms with Crippen LogP contribution in [0.1, 0.15) is 64.5 Å². The number of alkyl carbamates (subject to hydrolysis) is 1. The quantitative estimate of drug-likeness (QED) is 0.307. The zero-order valence-electron chi connectivity index (χ0n) is 22.0. The molecule has 2 fully saturated rings. The highest BCUT2D eigenvalue weighted by Crippen LogP contribution is 2.44. The molecule has 1 saturated heterocycles. The van der Waals surface area contributed by atoms with E-state index in [1.54, 1.807) is 0 Å². The molecule has 0 unspecified atom stereocenters. The topological polar surface area (TPSA) is 132 Å². The first-order valence-corrected chi connectivity index (χ1v) is 13.0. The fourth-order valence-electron chi connectivity index (χ4n) is 4.58. The van der Waals surface area contributed by atoms with Crippen molar-refractivity contribution in [2.45, 2.75) is 84.3 Å². The summed E-state index contributed by atoms with van der Waals surface area (Å²) in [5.41, 5.74) is 7.01. The minimum Gasteiger partial charge on any atom is -0.444 e. The van der Waals surface area contributed by atoms with Crippen LogP contribution in [-0.2, 0) is 32.1 Å². The summed E-state index contributed by atoms with van der Waals surface area (Å²) in [7, 11) is 0. The lowest BCUT2D eigenvalue weighted by Crippen LogP contribution is -2.48. The molecule has 9 nitrogen and oxygen atoms in total. The van der Waals surface area contributed by atoms with E-state index in [2.05, 4.69) is 16.0 Å². The fourth-order valence-corrected chi connectivity index (χ4v) is 4.58. The van der Waals surface area contributed by atoms with Crippen LogP contribution >= 0.6 is 0 Å². The van der Waals surface area contributed by atoms with Gasteiger partial charge in [0, 0.05) is 19.5 Å². The van der Waals surface area contributed by atoms with Crippen LogP contribution in [0.2, 0.25) is 0 Å². The molecule has 0 bridgehead atoms. The van der Waals surface area contributed by atoms with Crippen molar-refractivity contribution in [3.8, 4) is 0 Å². The molecule has 36 heavy (non-hydrogen) atoms. The summed E-state index contributed by atoms with van der Waals surface area (Å²) >= 11 is 0. The van der Waals surface area contributed by atoms with Gasteiger partial charge in [0.1, 0.15) is 5.60 Å². The van der Waals surface area contributed by atoms with Crippen LogP contribution in [0, 0.1) is 17.8 Å². The van der Waals surface area contributed by atoms with Gasteiger partial charge in [-0.3, -0.25) is 14.9 Å². The van der Waals surface area contributed by atoms with Gasteiger partial charge < -0.3 is 25.8 Å². The highest BCUT2D eigenvalue weighted by Gasteiger charge is 2.49. The van der Waals surface area contributed by atoms with Gasteiger partial charge >= 0.3 is 6.09 Å². The van der Waals surface area contributed by atoms with E-state index in [9.17, 15) is 14.4 Å². The Kier molecular flexibility index (Phi) is 9.73. The molecule has 0 aromatic heterocycles. The van der Waals surface area contributed by atoms with Crippen LogP contribution in [0.4, 0.5) is 4.79 Å². The summed E-state index contributed by atoms with van der Waals surface area (Å²) < 4.78 is 11.3. The Morgan fingerprint density at radius 1 is 1.17 bits per heavy atom. The van der Waals surface area contributed by atoms with E-state index in [0.717, 1.165) is 31.4 Å². The molecule has 0 radical (unpaired) electrons. The van der Waals surface area contributed by atoms with Gasteiger partial charge in [0.15, 0.2) is 0 Å². The Morgan fingerprint density at radius 2 is 1.86 bits per heavy atom. The van der Waals surface area contributed by atoms with Crippen LogP contribution in [-0.4, -0.2) is 48.9 Å². The third-order valence-electron chi connectivity index (χ3n) is 6.75. The molecule has 5 atom stereocenters. The van der Waals surface area contributed by atoms with Crippen LogP contribution in [0.3, 0.4) is 0 Å². The van der Waals surface area contributed by atoms with Crippen molar-refractivity contribution in [2.24, 2.45) is 23.5 Å². The molecule has 5 N–H and O–H groups in total. The first-order chi connectivity index (χ1) is 17.0. The van der Waals surface area contributed by atoms with Crippen LogP contribution in [0.5, 0.6) is 0 Å². The first kappa shape index (κ1) is 27.9. The fraction of sp³-hybridized carbons (Fsp3) is 0.667. The number of primary amides is 1. The van der Waals surface area contributed by atoms with E-state index in [-0.39, 0.29) is 24.6 Å². The Morgan fingerprint density at radius 3 is 2.44 bits per heavy atom. The Bertz CT molecular complexity index is 898. The average molecular weight is 503 g/mol. The van der Waals surface area contributed by atoms with Gasteiger partial charge in [-0.1, -0.05) is 24.3 Å². The van der Waals surface area contributed by atoms with E-state index in [1.165, 1.54) is 5.56 Å². The Labute approximate surface area is 214 Å². The zero-order chi connectivity index (χ0) is 26.3. The number of hydrogen-bond donors (Lipinski definition) is 4. The molecule has 1 heterocycles. The zero-order valence-corrected chi connectivity index (χ0v) is 22.0. The van der Waals surface area contributed by atoms with Crippen LogP contribution < -0.4 is 21.7 Å². The van der Waals surface area contributed by atoms with E-state index in [1.807, 2.05) is 52.0 Å². The van der Waals surface area contributed by atoms with Gasteiger partial charge in [-0.2, -0.15) is 0 Å². The van der Waals surface area contributed by atoms with Crippen molar-refractivity contribution in [3.05, 3.63) is 35.4 Å².